The lowest BCUT2D eigenvalue weighted by Crippen LogP contribution is -2.51. The van der Waals surface area contributed by atoms with Crippen LogP contribution in [0, 0.1) is 0 Å². The fourth-order valence-corrected chi connectivity index (χ4v) is 2.60. The summed E-state index contributed by atoms with van der Waals surface area (Å²) in [5.74, 6) is -2.34. The van der Waals surface area contributed by atoms with Gasteiger partial charge < -0.3 is 19.9 Å². The maximum Gasteiger partial charge on any atom is 0.619 e. The van der Waals surface area contributed by atoms with Gasteiger partial charge in [-0.2, -0.15) is 0 Å². The number of amides is 2. The number of halogens is 2. The van der Waals surface area contributed by atoms with Gasteiger partial charge in [-0.05, 0) is 32.2 Å². The maximum atomic E-state index is 12.1. The summed E-state index contributed by atoms with van der Waals surface area (Å²) in [6.07, 6.45) is -0.249. The molecule has 1 saturated heterocycles. The first kappa shape index (κ1) is 22.0. The lowest BCUT2D eigenvalue weighted by atomic mass is 9.89. The van der Waals surface area contributed by atoms with Crippen LogP contribution in [0.2, 0.25) is 10.0 Å². The zero-order valence-electron chi connectivity index (χ0n) is 15.2. The molecule has 2 N–H and O–H groups in total. The van der Waals surface area contributed by atoms with Gasteiger partial charge in [0.25, 0.3) is 5.91 Å². The zero-order valence-corrected chi connectivity index (χ0v) is 16.7. The molecule has 0 spiro atoms. The van der Waals surface area contributed by atoms with Crippen LogP contribution < -0.4 is 10.6 Å². The first-order valence-corrected chi connectivity index (χ1v) is 9.03. The van der Waals surface area contributed by atoms with E-state index < -0.39 is 36.9 Å². The molecule has 150 valence electrons. The number of benzene rings is 1. The number of hydrogen-bond acceptors (Lipinski definition) is 7. The summed E-state index contributed by atoms with van der Waals surface area (Å²) in [5.41, 5.74) is 0.128. The molecule has 1 aliphatic heterocycles. The number of carbonyl (C=O) groups is 4. The van der Waals surface area contributed by atoms with E-state index in [1.54, 1.807) is 14.0 Å². The third kappa shape index (κ3) is 6.11. The quantitative estimate of drug-likeness (QED) is 0.646. The summed E-state index contributed by atoms with van der Waals surface area (Å²) in [7, 11) is 0.336. The summed E-state index contributed by atoms with van der Waals surface area (Å²) in [4.78, 5) is 49.2. The molecule has 1 fully saturated rings. The Morgan fingerprint density at radius 2 is 1.96 bits per heavy atom. The summed E-state index contributed by atoms with van der Waals surface area (Å²) >= 11 is 11.8. The monoisotopic (exact) mass is 429 g/mol. The molecule has 1 aromatic rings. The highest BCUT2D eigenvalue weighted by Gasteiger charge is 2.35. The summed E-state index contributed by atoms with van der Waals surface area (Å²) in [5, 5.41) is 5.33. The van der Waals surface area contributed by atoms with Gasteiger partial charge in [-0.15, -0.1) is 0 Å². The number of likely N-dealkylation sites (N-methyl/N-ethyl adjacent to an activating group) is 1. The van der Waals surface area contributed by atoms with Crippen molar-refractivity contribution in [1.82, 2.24) is 15.5 Å². The minimum Gasteiger partial charge on any atom is -0.497 e. The van der Waals surface area contributed by atoms with Crippen molar-refractivity contribution in [2.24, 2.45) is 0 Å². The molecule has 0 bridgehead atoms. The van der Waals surface area contributed by atoms with E-state index in [0.29, 0.717) is 5.02 Å². The van der Waals surface area contributed by atoms with Gasteiger partial charge in [-0.1, -0.05) is 23.2 Å². The molecule has 1 atom stereocenters. The highest BCUT2D eigenvalue weighted by atomic mass is 35.5. The fraction of sp³-hybridized carbons (Fsp3) is 0.375. The molecule has 0 saturated carbocycles. The Balaban J connectivity index is 1.84. The number of hydrogen-bond donors (Lipinski definition) is 2. The first-order chi connectivity index (χ1) is 13.2. The minimum atomic E-state index is -1.25. The van der Waals surface area contributed by atoms with Crippen LogP contribution in [-0.2, 0) is 23.7 Å². The Bertz CT molecular complexity index is 794. The molecule has 12 heteroatoms. The highest BCUT2D eigenvalue weighted by Crippen LogP contribution is 2.20. The Morgan fingerprint density at radius 1 is 1.25 bits per heavy atom. The van der Waals surface area contributed by atoms with Crippen molar-refractivity contribution in [2.75, 3.05) is 26.6 Å². The number of nitrogens with one attached hydrogen (secondary N) is 2. The van der Waals surface area contributed by atoms with Gasteiger partial charge in [0, 0.05) is 5.02 Å². The van der Waals surface area contributed by atoms with E-state index in [-0.39, 0.29) is 30.1 Å². The predicted octanol–water partition coefficient (Wildman–Crippen LogP) is 0.287. The smallest absolute Gasteiger partial charge is 0.497 e. The average Bonchev–Trinajstić information content (AvgIpc) is 2.64. The van der Waals surface area contributed by atoms with Crippen LogP contribution in [0.1, 0.15) is 17.3 Å². The van der Waals surface area contributed by atoms with Crippen LogP contribution in [0.15, 0.2) is 18.2 Å². The number of nitrogens with zero attached hydrogens (tertiary/aromatic N) is 1. The SMILES string of the molecule is C[C@H]1C(=O)OB(CNC(=O)CNC(=O)c2cc(Cl)ccc2Cl)OC(=O)CN1C. The van der Waals surface area contributed by atoms with Gasteiger partial charge in [-0.25, -0.2) is 0 Å². The molecule has 1 heterocycles. The molecule has 9 nitrogen and oxygen atoms in total. The van der Waals surface area contributed by atoms with Crippen molar-refractivity contribution < 1.29 is 28.5 Å². The standard InChI is InChI=1S/C16H18BCl2N3O6/c1-9-16(26)28-17(27-14(24)7-22(9)2)8-21-13(23)6-20-15(25)11-5-10(18)3-4-12(11)19/h3-5,9H,6-8H2,1-2H3,(H,20,25)(H,21,23)/t9-/m0/s1. The predicted molar refractivity (Wildman–Crippen MR) is 102 cm³/mol. The van der Waals surface area contributed by atoms with Gasteiger partial charge in [0.05, 0.1) is 30.1 Å². The van der Waals surface area contributed by atoms with Gasteiger partial charge in [0.1, 0.15) is 6.04 Å². The third-order valence-electron chi connectivity index (χ3n) is 3.94. The minimum absolute atomic E-state index is 0.0861. The van der Waals surface area contributed by atoms with E-state index in [1.165, 1.54) is 23.1 Å². The molecule has 0 unspecified atom stereocenters. The number of rotatable bonds is 5. The number of carbonyl (C=O) groups excluding carboxylic acids is 4. The Morgan fingerprint density at radius 3 is 2.68 bits per heavy atom. The molecular formula is C16H18BCl2N3O6. The van der Waals surface area contributed by atoms with E-state index >= 15 is 0 Å². The van der Waals surface area contributed by atoms with E-state index in [2.05, 4.69) is 10.6 Å². The van der Waals surface area contributed by atoms with Crippen LogP contribution in [0.3, 0.4) is 0 Å². The highest BCUT2D eigenvalue weighted by molar-refractivity contribution is 6.49. The second-order valence-corrected chi connectivity index (χ2v) is 6.90. The molecule has 2 amide bonds. The van der Waals surface area contributed by atoms with Crippen LogP contribution in [-0.4, -0.2) is 68.4 Å². The van der Waals surface area contributed by atoms with E-state index in [9.17, 15) is 19.2 Å². The topological polar surface area (TPSA) is 114 Å². The van der Waals surface area contributed by atoms with Gasteiger partial charge in [0.15, 0.2) is 0 Å². The summed E-state index contributed by atoms with van der Waals surface area (Å²) in [6, 6.07) is 3.74. The zero-order chi connectivity index (χ0) is 20.8. The van der Waals surface area contributed by atoms with Crippen molar-refractivity contribution >= 4 is 54.1 Å². The van der Waals surface area contributed by atoms with Gasteiger partial charge in [0.2, 0.25) is 5.91 Å². The van der Waals surface area contributed by atoms with Gasteiger partial charge >= 0.3 is 19.1 Å². The molecule has 0 radical (unpaired) electrons. The molecule has 0 aromatic heterocycles. The van der Waals surface area contributed by atoms with Crippen LogP contribution in [0.4, 0.5) is 0 Å². The van der Waals surface area contributed by atoms with E-state index in [4.69, 9.17) is 32.5 Å². The Hall–Kier alpha value is -2.30. The first-order valence-electron chi connectivity index (χ1n) is 8.27. The lowest BCUT2D eigenvalue weighted by molar-refractivity contribution is -0.149. The summed E-state index contributed by atoms with van der Waals surface area (Å²) in [6.45, 7) is 1.14. The second kappa shape index (κ2) is 9.76. The van der Waals surface area contributed by atoms with E-state index in [0.717, 1.165) is 0 Å². The van der Waals surface area contributed by atoms with Crippen LogP contribution >= 0.6 is 23.2 Å². The van der Waals surface area contributed by atoms with Crippen molar-refractivity contribution in [1.29, 1.82) is 0 Å². The maximum absolute atomic E-state index is 12.1. The van der Waals surface area contributed by atoms with Crippen LogP contribution in [0.5, 0.6) is 0 Å². The summed E-state index contributed by atoms with van der Waals surface area (Å²) < 4.78 is 10.1. The third-order valence-corrected chi connectivity index (χ3v) is 4.50. The molecule has 1 aromatic carbocycles. The molecule has 2 rings (SSSR count). The molecular weight excluding hydrogens is 412 g/mol. The Labute approximate surface area is 171 Å². The largest absolute Gasteiger partial charge is 0.619 e. The van der Waals surface area contributed by atoms with E-state index in [1.807, 2.05) is 0 Å². The second-order valence-electron chi connectivity index (χ2n) is 6.06. The normalized spacial score (nSPS) is 17.9. The van der Waals surface area contributed by atoms with Crippen molar-refractivity contribution in [2.45, 2.75) is 13.0 Å². The van der Waals surface area contributed by atoms with Crippen molar-refractivity contribution in [3.05, 3.63) is 33.8 Å². The Kier molecular flexibility index (Phi) is 7.67. The molecule has 1 aliphatic rings. The van der Waals surface area contributed by atoms with Gasteiger partial charge in [-0.3, -0.25) is 24.1 Å². The molecule has 28 heavy (non-hydrogen) atoms. The lowest BCUT2D eigenvalue weighted by Gasteiger charge is -2.27. The van der Waals surface area contributed by atoms with Crippen LogP contribution in [0.25, 0.3) is 0 Å². The fourth-order valence-electron chi connectivity index (χ4n) is 2.23. The average molecular weight is 430 g/mol. The van der Waals surface area contributed by atoms with Crippen molar-refractivity contribution in [3.8, 4) is 0 Å². The molecule has 0 aliphatic carbocycles. The van der Waals surface area contributed by atoms with Crippen molar-refractivity contribution in [3.63, 3.8) is 0 Å².